The number of hydrogen-bond donors (Lipinski definition) is 1. The van der Waals surface area contributed by atoms with Crippen LogP contribution < -0.4 is 5.32 Å². The maximum atomic E-state index is 12.4. The zero-order chi connectivity index (χ0) is 17.4. The standard InChI is InChI=1S/C18H15N5OS/c1-11-5-3-7-13(9-11)15-20-21-18-23(15)22-17(25-18)19-16(24)14-8-4-6-12(2)10-14/h3-10H,1-2H3,(H,19,22,24). The molecule has 0 aliphatic carbocycles. The van der Waals surface area contributed by atoms with Crippen molar-refractivity contribution < 1.29 is 4.79 Å². The number of aromatic nitrogens is 4. The van der Waals surface area contributed by atoms with Crippen LogP contribution in [-0.2, 0) is 0 Å². The Labute approximate surface area is 148 Å². The maximum absolute atomic E-state index is 12.4. The highest BCUT2D eigenvalue weighted by molar-refractivity contribution is 7.20. The summed E-state index contributed by atoms with van der Waals surface area (Å²) in [5.74, 6) is 0.469. The summed E-state index contributed by atoms with van der Waals surface area (Å²) in [5.41, 5.74) is 3.71. The van der Waals surface area contributed by atoms with Gasteiger partial charge in [-0.05, 0) is 32.0 Å². The SMILES string of the molecule is Cc1cccc(C(=O)Nc2nn3c(-c4cccc(C)c4)nnc3s2)c1. The fraction of sp³-hybridized carbons (Fsp3) is 0.111. The molecule has 0 bridgehead atoms. The van der Waals surface area contributed by atoms with Gasteiger partial charge in [-0.1, -0.05) is 52.8 Å². The lowest BCUT2D eigenvalue weighted by Gasteiger charge is -2.02. The fourth-order valence-corrected chi connectivity index (χ4v) is 3.32. The number of anilines is 1. The van der Waals surface area contributed by atoms with Gasteiger partial charge in [-0.2, -0.15) is 4.52 Å². The van der Waals surface area contributed by atoms with E-state index >= 15 is 0 Å². The molecule has 0 aliphatic heterocycles. The topological polar surface area (TPSA) is 72.2 Å². The first-order valence-corrected chi connectivity index (χ1v) is 8.59. The molecule has 4 rings (SSSR count). The monoisotopic (exact) mass is 349 g/mol. The van der Waals surface area contributed by atoms with Crippen molar-refractivity contribution in [3.05, 3.63) is 65.2 Å². The van der Waals surface area contributed by atoms with E-state index in [9.17, 15) is 4.79 Å². The molecule has 0 spiro atoms. The third kappa shape index (κ3) is 3.01. The second-order valence-corrected chi connectivity index (χ2v) is 6.77. The molecule has 0 saturated heterocycles. The molecule has 7 heteroatoms. The zero-order valence-electron chi connectivity index (χ0n) is 13.7. The highest BCUT2D eigenvalue weighted by Gasteiger charge is 2.15. The molecule has 2 heterocycles. The van der Waals surface area contributed by atoms with Crippen LogP contribution in [0.3, 0.4) is 0 Å². The van der Waals surface area contributed by atoms with E-state index in [4.69, 9.17) is 0 Å². The van der Waals surface area contributed by atoms with Crippen molar-refractivity contribution in [2.45, 2.75) is 13.8 Å². The number of aryl methyl sites for hydroxylation is 2. The Morgan fingerprint density at radius 1 is 1.04 bits per heavy atom. The van der Waals surface area contributed by atoms with Crippen LogP contribution in [0.1, 0.15) is 21.5 Å². The molecule has 25 heavy (non-hydrogen) atoms. The van der Waals surface area contributed by atoms with E-state index in [2.05, 4.69) is 20.6 Å². The van der Waals surface area contributed by atoms with Crippen LogP contribution in [0.2, 0.25) is 0 Å². The lowest BCUT2D eigenvalue weighted by molar-refractivity contribution is 0.102. The Bertz CT molecular complexity index is 1080. The van der Waals surface area contributed by atoms with Crippen LogP contribution in [0.4, 0.5) is 5.13 Å². The van der Waals surface area contributed by atoms with Crippen molar-refractivity contribution in [1.82, 2.24) is 19.8 Å². The summed E-state index contributed by atoms with van der Waals surface area (Å²) >= 11 is 1.29. The summed E-state index contributed by atoms with van der Waals surface area (Å²) in [6.45, 7) is 3.98. The number of nitrogens with zero attached hydrogens (tertiary/aromatic N) is 4. The van der Waals surface area contributed by atoms with Crippen molar-refractivity contribution in [3.63, 3.8) is 0 Å². The Kier molecular flexibility index (Phi) is 3.77. The van der Waals surface area contributed by atoms with Crippen molar-refractivity contribution >= 4 is 27.3 Å². The number of benzene rings is 2. The number of carbonyl (C=O) groups is 1. The number of rotatable bonds is 3. The van der Waals surface area contributed by atoms with E-state index in [1.807, 2.05) is 56.3 Å². The Balaban J connectivity index is 1.65. The van der Waals surface area contributed by atoms with Crippen molar-refractivity contribution in [2.24, 2.45) is 0 Å². The van der Waals surface area contributed by atoms with Gasteiger partial charge in [-0.15, -0.1) is 15.3 Å². The van der Waals surface area contributed by atoms with Gasteiger partial charge in [0.15, 0.2) is 5.82 Å². The average molecular weight is 349 g/mol. The Hall–Kier alpha value is -3.06. The predicted molar refractivity (Wildman–Crippen MR) is 98.0 cm³/mol. The number of hydrogen-bond acceptors (Lipinski definition) is 5. The van der Waals surface area contributed by atoms with Crippen LogP contribution in [0, 0.1) is 13.8 Å². The van der Waals surface area contributed by atoms with Crippen LogP contribution in [0.25, 0.3) is 16.3 Å². The summed E-state index contributed by atoms with van der Waals surface area (Å²) in [4.78, 5) is 13.0. The zero-order valence-corrected chi connectivity index (χ0v) is 14.5. The number of fused-ring (bicyclic) bond motifs is 1. The molecule has 0 fully saturated rings. The first-order valence-electron chi connectivity index (χ1n) is 7.77. The highest BCUT2D eigenvalue weighted by atomic mass is 32.1. The second-order valence-electron chi connectivity index (χ2n) is 5.82. The molecule has 2 aromatic carbocycles. The van der Waals surface area contributed by atoms with Crippen LogP contribution in [0.15, 0.2) is 48.5 Å². The van der Waals surface area contributed by atoms with E-state index in [-0.39, 0.29) is 5.91 Å². The lowest BCUT2D eigenvalue weighted by Crippen LogP contribution is -2.12. The summed E-state index contributed by atoms with van der Waals surface area (Å²) < 4.78 is 1.66. The molecular formula is C18H15N5OS. The molecule has 0 radical (unpaired) electrons. The smallest absolute Gasteiger partial charge is 0.257 e. The van der Waals surface area contributed by atoms with Gasteiger partial charge in [-0.3, -0.25) is 10.1 Å². The molecule has 0 aliphatic rings. The van der Waals surface area contributed by atoms with Crippen LogP contribution >= 0.6 is 11.3 Å². The number of amides is 1. The van der Waals surface area contributed by atoms with E-state index < -0.39 is 0 Å². The first-order chi connectivity index (χ1) is 12.1. The summed E-state index contributed by atoms with van der Waals surface area (Å²) in [5, 5.41) is 16.1. The fourth-order valence-electron chi connectivity index (χ4n) is 2.59. The van der Waals surface area contributed by atoms with Gasteiger partial charge in [0.2, 0.25) is 10.1 Å². The van der Waals surface area contributed by atoms with Gasteiger partial charge in [0.05, 0.1) is 0 Å². The quantitative estimate of drug-likeness (QED) is 0.612. The third-order valence-electron chi connectivity index (χ3n) is 3.77. The molecule has 6 nitrogen and oxygen atoms in total. The van der Waals surface area contributed by atoms with Crippen LogP contribution in [-0.4, -0.2) is 25.7 Å². The first kappa shape index (κ1) is 15.5. The minimum Gasteiger partial charge on any atom is -0.296 e. The van der Waals surface area contributed by atoms with Crippen LogP contribution in [0.5, 0.6) is 0 Å². The van der Waals surface area contributed by atoms with Gasteiger partial charge in [-0.25, -0.2) is 0 Å². The predicted octanol–water partition coefficient (Wildman–Crippen LogP) is 3.72. The van der Waals surface area contributed by atoms with Crippen molar-refractivity contribution in [3.8, 4) is 11.4 Å². The minimum atomic E-state index is -0.189. The largest absolute Gasteiger partial charge is 0.296 e. The summed E-state index contributed by atoms with van der Waals surface area (Å²) in [6.07, 6.45) is 0. The minimum absolute atomic E-state index is 0.189. The van der Waals surface area contributed by atoms with Gasteiger partial charge >= 0.3 is 0 Å². The Morgan fingerprint density at radius 2 is 1.80 bits per heavy atom. The molecule has 1 amide bonds. The molecule has 1 N–H and O–H groups in total. The summed E-state index contributed by atoms with van der Waals surface area (Å²) in [7, 11) is 0. The van der Waals surface area contributed by atoms with Crippen molar-refractivity contribution in [2.75, 3.05) is 5.32 Å². The number of carbonyl (C=O) groups excluding carboxylic acids is 1. The normalized spacial score (nSPS) is 11.0. The molecule has 2 aromatic heterocycles. The van der Waals surface area contributed by atoms with Gasteiger partial charge in [0.1, 0.15) is 0 Å². The molecule has 124 valence electrons. The molecular weight excluding hydrogens is 334 g/mol. The highest BCUT2D eigenvalue weighted by Crippen LogP contribution is 2.25. The van der Waals surface area contributed by atoms with Gasteiger partial charge in [0, 0.05) is 11.1 Å². The maximum Gasteiger partial charge on any atom is 0.257 e. The third-order valence-corrected chi connectivity index (χ3v) is 4.58. The molecule has 0 atom stereocenters. The molecule has 0 unspecified atom stereocenters. The van der Waals surface area contributed by atoms with E-state index in [0.29, 0.717) is 21.5 Å². The summed E-state index contributed by atoms with van der Waals surface area (Å²) in [6, 6.07) is 15.4. The van der Waals surface area contributed by atoms with Gasteiger partial charge in [0.25, 0.3) is 5.91 Å². The van der Waals surface area contributed by atoms with Gasteiger partial charge < -0.3 is 0 Å². The van der Waals surface area contributed by atoms with E-state index in [1.54, 1.807) is 10.6 Å². The average Bonchev–Trinajstić information content (AvgIpc) is 3.14. The molecule has 4 aromatic rings. The van der Waals surface area contributed by atoms with E-state index in [1.165, 1.54) is 11.3 Å². The van der Waals surface area contributed by atoms with Crippen molar-refractivity contribution in [1.29, 1.82) is 0 Å². The van der Waals surface area contributed by atoms with E-state index in [0.717, 1.165) is 16.7 Å². The number of nitrogens with one attached hydrogen (secondary N) is 1. The molecule has 0 saturated carbocycles. The Morgan fingerprint density at radius 3 is 2.56 bits per heavy atom. The second kappa shape index (κ2) is 6.10. The lowest BCUT2D eigenvalue weighted by atomic mass is 10.1.